The van der Waals surface area contributed by atoms with Crippen LogP contribution < -0.4 is 0 Å². The Morgan fingerprint density at radius 1 is 1.10 bits per heavy atom. The standard InChI is InChI=1S/C26H46N2O2/c1-25-12-5-7-22(25)21-9-8-20-17-24(29)19(18-26(20,2)23(21)10-13-25)11-14-27-30-16-6-15-28(3)4/h14,19-24,29H,5-13,15-18H2,1-4H3/t19?,20-,21+,22+,23+,24-,25+,26+/m1/s1. The second-order valence-corrected chi connectivity index (χ2v) is 12.0. The molecule has 0 spiro atoms. The van der Waals surface area contributed by atoms with Gasteiger partial charge < -0.3 is 14.8 Å². The Kier molecular flexibility index (Phi) is 6.85. The summed E-state index contributed by atoms with van der Waals surface area (Å²) in [5.74, 6) is 3.85. The zero-order valence-corrected chi connectivity index (χ0v) is 20.0. The Bertz CT molecular complexity index is 608. The van der Waals surface area contributed by atoms with Crippen molar-refractivity contribution in [3.05, 3.63) is 0 Å². The van der Waals surface area contributed by atoms with Crippen LogP contribution in [0, 0.1) is 40.4 Å². The van der Waals surface area contributed by atoms with Crippen LogP contribution in [0.5, 0.6) is 0 Å². The molecular weight excluding hydrogens is 372 g/mol. The molecule has 0 heterocycles. The largest absolute Gasteiger partial charge is 0.396 e. The summed E-state index contributed by atoms with van der Waals surface area (Å²) in [6, 6.07) is 0. The van der Waals surface area contributed by atoms with Crippen LogP contribution in [0.25, 0.3) is 0 Å². The van der Waals surface area contributed by atoms with Crippen LogP contribution in [-0.4, -0.2) is 49.6 Å². The molecule has 1 N–H and O–H groups in total. The molecule has 0 saturated heterocycles. The highest BCUT2D eigenvalue weighted by molar-refractivity contribution is 5.56. The zero-order chi connectivity index (χ0) is 21.4. The molecule has 4 aliphatic rings. The van der Waals surface area contributed by atoms with E-state index in [1.54, 1.807) is 0 Å². The minimum atomic E-state index is -0.167. The van der Waals surface area contributed by atoms with Crippen molar-refractivity contribution in [1.29, 1.82) is 0 Å². The second kappa shape index (κ2) is 9.10. The number of hydrogen-bond donors (Lipinski definition) is 1. The number of aliphatic hydroxyl groups is 1. The van der Waals surface area contributed by atoms with Crippen molar-refractivity contribution >= 4 is 6.21 Å². The molecule has 0 aromatic carbocycles. The third-order valence-electron chi connectivity index (χ3n) is 10.0. The topological polar surface area (TPSA) is 45.1 Å². The predicted molar refractivity (Wildman–Crippen MR) is 123 cm³/mol. The Labute approximate surface area is 184 Å². The maximum atomic E-state index is 10.9. The first-order valence-corrected chi connectivity index (χ1v) is 12.8. The number of rotatable bonds is 7. The molecular formula is C26H46N2O2. The summed E-state index contributed by atoms with van der Waals surface area (Å²) in [7, 11) is 4.16. The fourth-order valence-electron chi connectivity index (χ4n) is 8.39. The van der Waals surface area contributed by atoms with E-state index in [1.807, 2.05) is 6.21 Å². The molecule has 30 heavy (non-hydrogen) atoms. The van der Waals surface area contributed by atoms with Crippen molar-refractivity contribution in [2.75, 3.05) is 27.2 Å². The monoisotopic (exact) mass is 418 g/mol. The summed E-state index contributed by atoms with van der Waals surface area (Å²) in [4.78, 5) is 7.61. The van der Waals surface area contributed by atoms with Gasteiger partial charge in [0.15, 0.2) is 0 Å². The highest BCUT2D eigenvalue weighted by Gasteiger charge is 2.58. The van der Waals surface area contributed by atoms with Gasteiger partial charge in [0.1, 0.15) is 6.61 Å². The van der Waals surface area contributed by atoms with E-state index in [0.29, 0.717) is 23.4 Å². The molecule has 0 aromatic rings. The van der Waals surface area contributed by atoms with Gasteiger partial charge in [0.25, 0.3) is 0 Å². The van der Waals surface area contributed by atoms with Crippen molar-refractivity contribution in [1.82, 2.24) is 4.90 Å². The van der Waals surface area contributed by atoms with Crippen LogP contribution in [0.2, 0.25) is 0 Å². The average Bonchev–Trinajstić information content (AvgIpc) is 3.09. The average molecular weight is 419 g/mol. The lowest BCUT2D eigenvalue weighted by molar-refractivity contribution is -0.137. The number of aliphatic hydroxyl groups excluding tert-OH is 1. The Morgan fingerprint density at radius 3 is 2.73 bits per heavy atom. The first-order valence-electron chi connectivity index (χ1n) is 12.8. The second-order valence-electron chi connectivity index (χ2n) is 12.0. The van der Waals surface area contributed by atoms with E-state index in [9.17, 15) is 5.11 Å². The molecule has 4 nitrogen and oxygen atoms in total. The highest BCUT2D eigenvalue weighted by atomic mass is 16.6. The summed E-state index contributed by atoms with van der Waals surface area (Å²) in [6.07, 6.45) is 15.8. The molecule has 4 heteroatoms. The molecule has 1 unspecified atom stereocenters. The molecule has 4 fully saturated rings. The van der Waals surface area contributed by atoms with Crippen LogP contribution in [0.15, 0.2) is 5.16 Å². The third-order valence-corrected chi connectivity index (χ3v) is 10.0. The van der Waals surface area contributed by atoms with Crippen molar-refractivity contribution in [2.24, 2.45) is 45.6 Å². The maximum Gasteiger partial charge on any atom is 0.118 e. The molecule has 4 aliphatic carbocycles. The van der Waals surface area contributed by atoms with Crippen LogP contribution in [0.3, 0.4) is 0 Å². The van der Waals surface area contributed by atoms with Gasteiger partial charge in [-0.05, 0) is 119 Å². The smallest absolute Gasteiger partial charge is 0.118 e. The molecule has 0 aliphatic heterocycles. The molecule has 0 aromatic heterocycles. The van der Waals surface area contributed by atoms with E-state index in [1.165, 1.54) is 51.4 Å². The SMILES string of the molecule is CN(C)CCCON=CCC1C[C@@]2(C)[C@H](CC[C@H]3[C@@H]4CCC[C@@]4(C)CC[C@@H]32)C[C@H]1O. The molecule has 0 radical (unpaired) electrons. The molecule has 4 saturated carbocycles. The molecule has 4 rings (SSSR count). The Balaban J connectivity index is 1.36. The summed E-state index contributed by atoms with van der Waals surface area (Å²) < 4.78 is 0. The van der Waals surface area contributed by atoms with E-state index >= 15 is 0 Å². The van der Waals surface area contributed by atoms with E-state index < -0.39 is 0 Å². The van der Waals surface area contributed by atoms with Gasteiger partial charge in [0, 0.05) is 12.8 Å². The zero-order valence-electron chi connectivity index (χ0n) is 20.0. The normalized spacial score (nSPS) is 45.9. The van der Waals surface area contributed by atoms with Gasteiger partial charge in [0.2, 0.25) is 0 Å². The van der Waals surface area contributed by atoms with E-state index in [4.69, 9.17) is 4.84 Å². The number of fused-ring (bicyclic) bond motifs is 5. The highest BCUT2D eigenvalue weighted by Crippen LogP contribution is 2.66. The van der Waals surface area contributed by atoms with Gasteiger partial charge >= 0.3 is 0 Å². The predicted octanol–water partition coefficient (Wildman–Crippen LogP) is 5.35. The summed E-state index contributed by atoms with van der Waals surface area (Å²) >= 11 is 0. The summed E-state index contributed by atoms with van der Waals surface area (Å²) in [5, 5.41) is 15.1. The Hall–Kier alpha value is -0.610. The van der Waals surface area contributed by atoms with Gasteiger partial charge in [-0.15, -0.1) is 0 Å². The fourth-order valence-corrected chi connectivity index (χ4v) is 8.39. The van der Waals surface area contributed by atoms with Crippen molar-refractivity contribution < 1.29 is 9.94 Å². The van der Waals surface area contributed by atoms with Gasteiger partial charge in [-0.25, -0.2) is 0 Å². The molecule has 0 amide bonds. The van der Waals surface area contributed by atoms with Crippen LogP contribution in [0.4, 0.5) is 0 Å². The molecule has 172 valence electrons. The third kappa shape index (κ3) is 4.33. The number of oxime groups is 1. The van der Waals surface area contributed by atoms with Gasteiger partial charge in [-0.1, -0.05) is 25.4 Å². The lowest BCUT2D eigenvalue weighted by atomic mass is 9.44. The molecule has 8 atom stereocenters. The van der Waals surface area contributed by atoms with Crippen LogP contribution in [-0.2, 0) is 4.84 Å². The summed E-state index contributed by atoms with van der Waals surface area (Å²) in [6.45, 7) is 6.89. The summed E-state index contributed by atoms with van der Waals surface area (Å²) in [5.41, 5.74) is 1.05. The van der Waals surface area contributed by atoms with Gasteiger partial charge in [-0.2, -0.15) is 0 Å². The fraction of sp³-hybridized carbons (Fsp3) is 0.962. The lowest BCUT2D eigenvalue weighted by Crippen LogP contribution is -2.55. The van der Waals surface area contributed by atoms with Crippen molar-refractivity contribution in [3.8, 4) is 0 Å². The van der Waals surface area contributed by atoms with E-state index in [0.717, 1.165) is 49.5 Å². The first-order chi connectivity index (χ1) is 14.3. The minimum absolute atomic E-state index is 0.167. The minimum Gasteiger partial charge on any atom is -0.396 e. The Morgan fingerprint density at radius 2 is 1.93 bits per heavy atom. The quantitative estimate of drug-likeness (QED) is 0.344. The van der Waals surface area contributed by atoms with Gasteiger partial charge in [-0.3, -0.25) is 0 Å². The number of nitrogens with zero attached hydrogens (tertiary/aromatic N) is 2. The van der Waals surface area contributed by atoms with Crippen molar-refractivity contribution in [3.63, 3.8) is 0 Å². The first kappa shape index (κ1) is 22.6. The maximum absolute atomic E-state index is 10.9. The van der Waals surface area contributed by atoms with Crippen LogP contribution in [0.1, 0.15) is 84.5 Å². The number of hydrogen-bond acceptors (Lipinski definition) is 4. The van der Waals surface area contributed by atoms with E-state index in [2.05, 4.69) is 38.0 Å². The molecule has 0 bridgehead atoms. The van der Waals surface area contributed by atoms with E-state index in [-0.39, 0.29) is 6.10 Å². The lowest BCUT2D eigenvalue weighted by Gasteiger charge is -2.61. The van der Waals surface area contributed by atoms with Crippen molar-refractivity contribution in [2.45, 2.75) is 90.6 Å². The van der Waals surface area contributed by atoms with Crippen LogP contribution >= 0.6 is 0 Å². The van der Waals surface area contributed by atoms with Gasteiger partial charge in [0.05, 0.1) is 6.10 Å².